The minimum atomic E-state index is 0.581. The summed E-state index contributed by atoms with van der Waals surface area (Å²) >= 11 is 0. The van der Waals surface area contributed by atoms with Gasteiger partial charge in [0.2, 0.25) is 0 Å². The van der Waals surface area contributed by atoms with Crippen LogP contribution in [-0.4, -0.2) is 29.1 Å². The lowest BCUT2D eigenvalue weighted by atomic mass is 10.1. The Hall–Kier alpha value is -1.81. The molecule has 16 heavy (non-hydrogen) atoms. The summed E-state index contributed by atoms with van der Waals surface area (Å²) in [5, 5.41) is 6.70. The third kappa shape index (κ3) is 1.79. The number of anilines is 1. The van der Waals surface area contributed by atoms with Crippen LogP contribution in [0.2, 0.25) is 0 Å². The van der Waals surface area contributed by atoms with Crippen molar-refractivity contribution in [1.29, 1.82) is 0 Å². The van der Waals surface area contributed by atoms with Gasteiger partial charge in [-0.05, 0) is 17.7 Å². The fourth-order valence-electron chi connectivity index (χ4n) is 1.79. The Bertz CT molecular complexity index is 442. The number of benzene rings is 1. The van der Waals surface area contributed by atoms with E-state index < -0.39 is 0 Å². The van der Waals surface area contributed by atoms with Gasteiger partial charge < -0.3 is 15.6 Å². The van der Waals surface area contributed by atoms with E-state index in [0.29, 0.717) is 6.04 Å². The number of aromatic amines is 1. The molecule has 0 amide bonds. The number of imidazole rings is 1. The largest absolute Gasteiger partial charge is 0.380 e. The monoisotopic (exact) mass is 214 g/mol. The van der Waals surface area contributed by atoms with Crippen molar-refractivity contribution >= 4 is 5.69 Å². The van der Waals surface area contributed by atoms with Gasteiger partial charge in [0.1, 0.15) is 0 Å². The van der Waals surface area contributed by atoms with E-state index in [4.69, 9.17) is 0 Å². The third-order valence-corrected chi connectivity index (χ3v) is 2.85. The molecule has 0 atom stereocenters. The zero-order valence-electron chi connectivity index (χ0n) is 8.90. The molecule has 3 N–H and O–H groups in total. The third-order valence-electron chi connectivity index (χ3n) is 2.85. The topological polar surface area (TPSA) is 52.7 Å². The summed E-state index contributed by atoms with van der Waals surface area (Å²) in [6, 6.07) is 8.99. The van der Waals surface area contributed by atoms with E-state index in [-0.39, 0.29) is 0 Å². The molecule has 1 aromatic heterocycles. The second kappa shape index (κ2) is 3.98. The highest BCUT2D eigenvalue weighted by Crippen LogP contribution is 2.19. The minimum absolute atomic E-state index is 0.581. The van der Waals surface area contributed by atoms with Gasteiger partial charge in [-0.15, -0.1) is 0 Å². The maximum atomic E-state index is 4.01. The highest BCUT2D eigenvalue weighted by atomic mass is 15.1. The zero-order chi connectivity index (χ0) is 10.8. The molecule has 1 aromatic carbocycles. The second-order valence-electron chi connectivity index (χ2n) is 4.04. The van der Waals surface area contributed by atoms with Crippen molar-refractivity contribution in [2.45, 2.75) is 6.04 Å². The van der Waals surface area contributed by atoms with E-state index in [2.05, 4.69) is 44.9 Å². The molecule has 82 valence electrons. The molecule has 0 radical (unpaired) electrons. The quantitative estimate of drug-likeness (QED) is 0.725. The molecular formula is C12H14N4. The van der Waals surface area contributed by atoms with Gasteiger partial charge in [-0.25, -0.2) is 4.98 Å². The molecule has 1 saturated heterocycles. The SMILES string of the molecule is c1ncc(-c2ccc(NC3CNC3)cc2)[nH]1. The van der Waals surface area contributed by atoms with Crippen LogP contribution in [0.5, 0.6) is 0 Å². The molecule has 1 aliphatic rings. The summed E-state index contributed by atoms with van der Waals surface area (Å²) in [6.45, 7) is 2.12. The van der Waals surface area contributed by atoms with Crippen molar-refractivity contribution in [3.63, 3.8) is 0 Å². The molecule has 4 heteroatoms. The number of hydrogen-bond donors (Lipinski definition) is 3. The van der Waals surface area contributed by atoms with Crippen molar-refractivity contribution in [1.82, 2.24) is 15.3 Å². The standard InChI is InChI=1S/C12H14N4/c1-3-10(16-11-5-13-6-11)4-2-9(1)12-7-14-8-15-12/h1-4,7-8,11,13,16H,5-6H2,(H,14,15). The fraction of sp³-hybridized carbons (Fsp3) is 0.250. The average Bonchev–Trinajstić information content (AvgIpc) is 2.78. The Labute approximate surface area is 94.1 Å². The van der Waals surface area contributed by atoms with Crippen LogP contribution in [-0.2, 0) is 0 Å². The van der Waals surface area contributed by atoms with Crippen molar-refractivity contribution in [3.05, 3.63) is 36.8 Å². The maximum absolute atomic E-state index is 4.01. The van der Waals surface area contributed by atoms with Crippen LogP contribution in [0.4, 0.5) is 5.69 Å². The van der Waals surface area contributed by atoms with E-state index in [1.165, 1.54) is 5.69 Å². The molecule has 0 saturated carbocycles. The number of nitrogens with one attached hydrogen (secondary N) is 3. The molecule has 2 heterocycles. The van der Waals surface area contributed by atoms with Crippen LogP contribution < -0.4 is 10.6 Å². The van der Waals surface area contributed by atoms with Crippen molar-refractivity contribution < 1.29 is 0 Å². The first-order valence-electron chi connectivity index (χ1n) is 5.48. The Morgan fingerprint density at radius 2 is 2.00 bits per heavy atom. The average molecular weight is 214 g/mol. The lowest BCUT2D eigenvalue weighted by molar-refractivity contribution is 0.472. The first-order valence-corrected chi connectivity index (χ1v) is 5.48. The highest BCUT2D eigenvalue weighted by Gasteiger charge is 2.15. The zero-order valence-corrected chi connectivity index (χ0v) is 8.90. The summed E-state index contributed by atoms with van der Waals surface area (Å²) in [5.41, 5.74) is 3.39. The predicted octanol–water partition coefficient (Wildman–Crippen LogP) is 1.46. The molecule has 0 unspecified atom stereocenters. The Morgan fingerprint density at radius 3 is 2.56 bits per heavy atom. The number of nitrogens with zero attached hydrogens (tertiary/aromatic N) is 1. The number of rotatable bonds is 3. The molecule has 2 aromatic rings. The first kappa shape index (κ1) is 9.42. The van der Waals surface area contributed by atoms with E-state index >= 15 is 0 Å². The first-order chi connectivity index (χ1) is 7.92. The number of aromatic nitrogens is 2. The Morgan fingerprint density at radius 1 is 1.19 bits per heavy atom. The van der Waals surface area contributed by atoms with Gasteiger partial charge in [-0.2, -0.15) is 0 Å². The van der Waals surface area contributed by atoms with Crippen molar-refractivity contribution in [2.24, 2.45) is 0 Å². The number of hydrogen-bond acceptors (Lipinski definition) is 3. The van der Waals surface area contributed by atoms with Gasteiger partial charge in [0.05, 0.1) is 24.3 Å². The van der Waals surface area contributed by atoms with Crippen molar-refractivity contribution in [2.75, 3.05) is 18.4 Å². The maximum Gasteiger partial charge on any atom is 0.0924 e. The molecule has 1 aliphatic heterocycles. The van der Waals surface area contributed by atoms with Crippen molar-refractivity contribution in [3.8, 4) is 11.3 Å². The summed E-state index contributed by atoms with van der Waals surface area (Å²) in [4.78, 5) is 7.11. The van der Waals surface area contributed by atoms with Gasteiger partial charge in [0.15, 0.2) is 0 Å². The molecular weight excluding hydrogens is 200 g/mol. The predicted molar refractivity (Wildman–Crippen MR) is 64.3 cm³/mol. The normalized spacial score (nSPS) is 15.8. The van der Waals surface area contributed by atoms with E-state index in [1.807, 2.05) is 6.20 Å². The molecule has 3 rings (SSSR count). The number of H-pyrrole nitrogens is 1. The summed E-state index contributed by atoms with van der Waals surface area (Å²) in [7, 11) is 0. The molecule has 0 bridgehead atoms. The van der Waals surface area contributed by atoms with Crippen LogP contribution in [0.3, 0.4) is 0 Å². The summed E-state index contributed by atoms with van der Waals surface area (Å²) < 4.78 is 0. The van der Waals surface area contributed by atoms with Crippen LogP contribution in [0.25, 0.3) is 11.3 Å². The van der Waals surface area contributed by atoms with E-state index in [1.54, 1.807) is 6.33 Å². The van der Waals surface area contributed by atoms with Gasteiger partial charge in [-0.3, -0.25) is 0 Å². The Kier molecular flexibility index (Phi) is 2.34. The van der Waals surface area contributed by atoms with Crippen LogP contribution in [0.15, 0.2) is 36.8 Å². The van der Waals surface area contributed by atoms with Crippen LogP contribution >= 0.6 is 0 Å². The van der Waals surface area contributed by atoms with Gasteiger partial charge >= 0.3 is 0 Å². The van der Waals surface area contributed by atoms with E-state index in [9.17, 15) is 0 Å². The second-order valence-corrected chi connectivity index (χ2v) is 4.04. The fourth-order valence-corrected chi connectivity index (χ4v) is 1.79. The van der Waals surface area contributed by atoms with Crippen LogP contribution in [0, 0.1) is 0 Å². The van der Waals surface area contributed by atoms with E-state index in [0.717, 1.165) is 24.3 Å². The Balaban J connectivity index is 1.74. The molecule has 1 fully saturated rings. The lowest BCUT2D eigenvalue weighted by Gasteiger charge is -2.29. The summed E-state index contributed by atoms with van der Waals surface area (Å²) in [6.07, 6.45) is 3.53. The van der Waals surface area contributed by atoms with Gasteiger partial charge in [0.25, 0.3) is 0 Å². The summed E-state index contributed by atoms with van der Waals surface area (Å²) in [5.74, 6) is 0. The highest BCUT2D eigenvalue weighted by molar-refractivity contribution is 5.62. The molecule has 0 aliphatic carbocycles. The lowest BCUT2D eigenvalue weighted by Crippen LogP contribution is -2.51. The van der Waals surface area contributed by atoms with Gasteiger partial charge in [0, 0.05) is 18.8 Å². The molecule has 4 nitrogen and oxygen atoms in total. The van der Waals surface area contributed by atoms with Crippen LogP contribution in [0.1, 0.15) is 0 Å². The van der Waals surface area contributed by atoms with Gasteiger partial charge in [-0.1, -0.05) is 12.1 Å². The molecule has 0 spiro atoms. The minimum Gasteiger partial charge on any atom is -0.380 e. The smallest absolute Gasteiger partial charge is 0.0924 e.